The molecular weight excluding hydrogens is 397 g/mol. The second-order valence-corrected chi connectivity index (χ2v) is 8.98. The monoisotopic (exact) mass is 427 g/mol. The van der Waals surface area contributed by atoms with Crippen LogP contribution in [0, 0.1) is 24.6 Å². The maximum atomic E-state index is 13.7. The number of piperidine rings is 1. The van der Waals surface area contributed by atoms with Gasteiger partial charge in [-0.25, -0.2) is 4.39 Å². The van der Waals surface area contributed by atoms with Gasteiger partial charge in [0.15, 0.2) is 0 Å². The Kier molecular flexibility index (Phi) is 6.39. The molecule has 0 unspecified atom stereocenters. The Morgan fingerprint density at radius 1 is 1.06 bits per heavy atom. The minimum atomic E-state index is -0.404. The van der Waals surface area contributed by atoms with E-state index in [0.717, 1.165) is 51.6 Å². The third-order valence-corrected chi connectivity index (χ3v) is 6.78. The molecule has 1 aliphatic carbocycles. The summed E-state index contributed by atoms with van der Waals surface area (Å²) in [6.07, 6.45) is 6.56. The van der Waals surface area contributed by atoms with Gasteiger partial charge in [0.05, 0.1) is 0 Å². The smallest absolute Gasteiger partial charge is 0.253 e. The van der Waals surface area contributed by atoms with Crippen molar-refractivity contribution in [2.24, 2.45) is 11.8 Å². The highest BCUT2D eigenvalue weighted by molar-refractivity contribution is 5.92. The van der Waals surface area contributed by atoms with Crippen LogP contribution in [-0.2, 0) is 4.79 Å². The molecule has 4 rings (SSSR count). The standard InChI is InChI=1S/C24H30FN3O3/c1-15-5-10-18(13-19(15)25)27-24(31)17-8-6-16(7-9-17)14-26-20-21(23(30)22(20)29)28-11-3-2-4-12-28/h5,10,13,16-17,26H,2-4,6-9,11-12,14H2,1H3,(H,27,31). The zero-order valence-electron chi connectivity index (χ0n) is 18.0. The first-order chi connectivity index (χ1) is 14.9. The van der Waals surface area contributed by atoms with E-state index in [0.29, 0.717) is 35.1 Å². The zero-order chi connectivity index (χ0) is 22.0. The topological polar surface area (TPSA) is 78.5 Å². The molecule has 0 radical (unpaired) electrons. The molecule has 1 saturated carbocycles. The molecule has 1 heterocycles. The Labute approximate surface area is 181 Å². The summed E-state index contributed by atoms with van der Waals surface area (Å²) < 4.78 is 13.7. The van der Waals surface area contributed by atoms with Crippen LogP contribution in [0.15, 0.2) is 27.8 Å². The van der Waals surface area contributed by atoms with E-state index in [1.54, 1.807) is 19.1 Å². The highest BCUT2D eigenvalue weighted by atomic mass is 19.1. The molecule has 0 spiro atoms. The van der Waals surface area contributed by atoms with Crippen LogP contribution in [-0.4, -0.2) is 25.5 Å². The highest BCUT2D eigenvalue weighted by Gasteiger charge is 2.29. The first kappa shape index (κ1) is 21.5. The molecule has 2 aliphatic rings. The number of hydrogen-bond acceptors (Lipinski definition) is 5. The van der Waals surface area contributed by atoms with Crippen molar-refractivity contribution in [2.75, 3.05) is 35.2 Å². The van der Waals surface area contributed by atoms with Crippen LogP contribution >= 0.6 is 0 Å². The van der Waals surface area contributed by atoms with Crippen LogP contribution in [0.25, 0.3) is 0 Å². The number of benzene rings is 1. The Morgan fingerprint density at radius 3 is 2.45 bits per heavy atom. The van der Waals surface area contributed by atoms with Gasteiger partial charge in [-0.1, -0.05) is 6.07 Å². The summed E-state index contributed by atoms with van der Waals surface area (Å²) >= 11 is 0. The number of halogens is 1. The van der Waals surface area contributed by atoms with E-state index in [9.17, 15) is 18.8 Å². The lowest BCUT2D eigenvalue weighted by atomic mass is 9.81. The van der Waals surface area contributed by atoms with Gasteiger partial charge in [0, 0.05) is 31.2 Å². The Balaban J connectivity index is 1.27. The molecule has 1 aliphatic heterocycles. The largest absolute Gasteiger partial charge is 0.380 e. The first-order valence-electron chi connectivity index (χ1n) is 11.3. The van der Waals surface area contributed by atoms with Crippen molar-refractivity contribution in [3.8, 4) is 0 Å². The van der Waals surface area contributed by atoms with Crippen LogP contribution < -0.4 is 26.4 Å². The van der Waals surface area contributed by atoms with Gasteiger partial charge in [0.1, 0.15) is 17.2 Å². The van der Waals surface area contributed by atoms with Gasteiger partial charge in [0.2, 0.25) is 5.91 Å². The maximum absolute atomic E-state index is 13.7. The van der Waals surface area contributed by atoms with Crippen molar-refractivity contribution in [1.82, 2.24) is 0 Å². The van der Waals surface area contributed by atoms with E-state index in [-0.39, 0.29) is 23.1 Å². The van der Waals surface area contributed by atoms with Crippen molar-refractivity contribution in [3.63, 3.8) is 0 Å². The first-order valence-corrected chi connectivity index (χ1v) is 11.3. The predicted molar refractivity (Wildman–Crippen MR) is 121 cm³/mol. The highest BCUT2D eigenvalue weighted by Crippen LogP contribution is 2.31. The number of rotatable bonds is 6. The number of carbonyl (C=O) groups excluding carboxylic acids is 1. The van der Waals surface area contributed by atoms with Gasteiger partial charge in [-0.3, -0.25) is 14.4 Å². The normalized spacial score (nSPS) is 21.8. The Morgan fingerprint density at radius 2 is 1.77 bits per heavy atom. The fourth-order valence-electron chi connectivity index (χ4n) is 4.75. The van der Waals surface area contributed by atoms with Gasteiger partial charge in [0.25, 0.3) is 10.9 Å². The second kappa shape index (κ2) is 9.20. The van der Waals surface area contributed by atoms with Crippen LogP contribution in [0.1, 0.15) is 50.5 Å². The molecule has 1 amide bonds. The van der Waals surface area contributed by atoms with Crippen molar-refractivity contribution in [2.45, 2.75) is 51.9 Å². The third kappa shape index (κ3) is 4.65. The van der Waals surface area contributed by atoms with Crippen LogP contribution in [0.4, 0.5) is 21.5 Å². The Bertz CT molecular complexity index is 1010. The fourth-order valence-corrected chi connectivity index (χ4v) is 4.75. The van der Waals surface area contributed by atoms with Crippen molar-refractivity contribution >= 4 is 23.0 Å². The molecule has 0 bridgehead atoms. The van der Waals surface area contributed by atoms with Crippen molar-refractivity contribution < 1.29 is 9.18 Å². The van der Waals surface area contributed by atoms with E-state index in [1.807, 2.05) is 4.90 Å². The van der Waals surface area contributed by atoms with Gasteiger partial charge < -0.3 is 15.5 Å². The van der Waals surface area contributed by atoms with Gasteiger partial charge in [-0.15, -0.1) is 0 Å². The van der Waals surface area contributed by atoms with E-state index in [1.165, 1.54) is 12.5 Å². The van der Waals surface area contributed by atoms with Crippen LogP contribution in [0.3, 0.4) is 0 Å². The number of nitrogens with one attached hydrogen (secondary N) is 2. The summed E-state index contributed by atoms with van der Waals surface area (Å²) in [5.74, 6) is -0.116. The van der Waals surface area contributed by atoms with E-state index >= 15 is 0 Å². The van der Waals surface area contributed by atoms with Gasteiger partial charge in [-0.2, -0.15) is 0 Å². The van der Waals surface area contributed by atoms with E-state index in [4.69, 9.17) is 0 Å². The molecule has 2 aromatic carbocycles. The number of nitrogens with zero attached hydrogens (tertiary/aromatic N) is 1. The zero-order valence-corrected chi connectivity index (χ0v) is 18.0. The number of carbonyl (C=O) groups is 1. The molecule has 166 valence electrons. The Hall–Kier alpha value is -2.70. The van der Waals surface area contributed by atoms with E-state index in [2.05, 4.69) is 10.6 Å². The third-order valence-electron chi connectivity index (χ3n) is 6.78. The molecule has 0 atom stereocenters. The molecule has 2 fully saturated rings. The van der Waals surface area contributed by atoms with Crippen LogP contribution in [0.2, 0.25) is 0 Å². The second-order valence-electron chi connectivity index (χ2n) is 8.98. The van der Waals surface area contributed by atoms with Gasteiger partial charge >= 0.3 is 0 Å². The quantitative estimate of drug-likeness (QED) is 0.689. The lowest BCUT2D eigenvalue weighted by Gasteiger charge is -2.32. The average molecular weight is 428 g/mol. The fraction of sp³-hybridized carbons (Fsp3) is 0.542. The summed E-state index contributed by atoms with van der Waals surface area (Å²) in [6, 6.07) is 4.73. The van der Waals surface area contributed by atoms with Crippen LogP contribution in [0.5, 0.6) is 0 Å². The minimum absolute atomic E-state index is 0.0653. The minimum Gasteiger partial charge on any atom is -0.380 e. The maximum Gasteiger partial charge on any atom is 0.253 e. The SMILES string of the molecule is Cc1ccc(NC(=O)C2CCC(CNc3c(N4CCCCC4)c(=O)c3=O)CC2)cc1F. The molecular formula is C24H30FN3O3. The van der Waals surface area contributed by atoms with Crippen molar-refractivity contribution in [1.29, 1.82) is 0 Å². The number of anilines is 3. The molecule has 31 heavy (non-hydrogen) atoms. The molecule has 2 N–H and O–H groups in total. The average Bonchev–Trinajstić information content (AvgIpc) is 2.79. The molecule has 0 aromatic heterocycles. The predicted octanol–water partition coefficient (Wildman–Crippen LogP) is 3.58. The molecule has 1 saturated heterocycles. The van der Waals surface area contributed by atoms with Crippen molar-refractivity contribution in [3.05, 3.63) is 50.0 Å². The summed E-state index contributed by atoms with van der Waals surface area (Å²) in [6.45, 7) is 4.01. The number of aryl methyl sites for hydroxylation is 1. The number of amides is 1. The molecule has 7 heteroatoms. The number of hydrogen-bond donors (Lipinski definition) is 2. The molecule has 6 nitrogen and oxygen atoms in total. The lowest BCUT2D eigenvalue weighted by molar-refractivity contribution is -0.121. The molecule has 2 aromatic rings. The van der Waals surface area contributed by atoms with Gasteiger partial charge in [-0.05, 0) is 75.5 Å². The van der Waals surface area contributed by atoms with E-state index < -0.39 is 5.43 Å². The summed E-state index contributed by atoms with van der Waals surface area (Å²) in [5, 5.41) is 6.06. The summed E-state index contributed by atoms with van der Waals surface area (Å²) in [4.78, 5) is 38.7. The lowest BCUT2D eigenvalue weighted by Crippen LogP contribution is -2.45. The summed E-state index contributed by atoms with van der Waals surface area (Å²) in [7, 11) is 0. The summed E-state index contributed by atoms with van der Waals surface area (Å²) in [5.41, 5.74) is 1.32.